The Morgan fingerprint density at radius 2 is 2.06 bits per heavy atom. The Balaban J connectivity index is 2.77. The van der Waals surface area contributed by atoms with Crippen molar-refractivity contribution in [3.05, 3.63) is 29.6 Å². The molecular formula is C10H13NO5. The smallest absolute Gasteiger partial charge is 0.354 e. The van der Waals surface area contributed by atoms with Crippen molar-refractivity contribution in [2.45, 2.75) is 18.6 Å². The summed E-state index contributed by atoms with van der Waals surface area (Å²) in [5, 5.41) is 36.2. The molecule has 0 fully saturated rings. The van der Waals surface area contributed by atoms with Gasteiger partial charge in [-0.25, -0.2) is 9.78 Å². The molecule has 88 valence electrons. The molecule has 1 aromatic heterocycles. The van der Waals surface area contributed by atoms with Crippen LogP contribution in [0.1, 0.15) is 28.6 Å². The number of aliphatic hydroxyl groups is 3. The van der Waals surface area contributed by atoms with Gasteiger partial charge in [0.25, 0.3) is 0 Å². The van der Waals surface area contributed by atoms with Gasteiger partial charge in [-0.3, -0.25) is 0 Å². The maximum absolute atomic E-state index is 10.5. The molecule has 1 heterocycles. The molecule has 0 aromatic carbocycles. The van der Waals surface area contributed by atoms with Crippen LogP contribution in [0.25, 0.3) is 0 Å². The lowest BCUT2D eigenvalue weighted by Gasteiger charge is -2.16. The van der Waals surface area contributed by atoms with Gasteiger partial charge in [-0.1, -0.05) is 6.07 Å². The lowest BCUT2D eigenvalue weighted by Crippen LogP contribution is -2.19. The lowest BCUT2D eigenvalue weighted by atomic mass is 10.0. The topological polar surface area (TPSA) is 111 Å². The summed E-state index contributed by atoms with van der Waals surface area (Å²) >= 11 is 0. The molecule has 2 unspecified atom stereocenters. The Kier molecular flexibility index (Phi) is 4.36. The molecule has 0 spiro atoms. The summed E-state index contributed by atoms with van der Waals surface area (Å²) in [6.45, 7) is -0.237. The second-order valence-corrected chi connectivity index (χ2v) is 3.31. The second-order valence-electron chi connectivity index (χ2n) is 3.31. The van der Waals surface area contributed by atoms with Crippen LogP contribution in [0.3, 0.4) is 0 Å². The normalized spacial score (nSPS) is 14.4. The van der Waals surface area contributed by atoms with E-state index in [9.17, 15) is 15.0 Å². The van der Waals surface area contributed by atoms with Crippen LogP contribution in [-0.4, -0.2) is 44.1 Å². The van der Waals surface area contributed by atoms with Crippen LogP contribution in [0.2, 0.25) is 0 Å². The minimum Gasteiger partial charge on any atom is -0.477 e. The van der Waals surface area contributed by atoms with Crippen molar-refractivity contribution in [3.63, 3.8) is 0 Å². The minimum atomic E-state index is -1.18. The predicted molar refractivity (Wildman–Crippen MR) is 53.9 cm³/mol. The molecule has 0 amide bonds. The van der Waals surface area contributed by atoms with Crippen molar-refractivity contribution >= 4 is 5.97 Å². The summed E-state index contributed by atoms with van der Waals surface area (Å²) in [4.78, 5) is 14.1. The van der Waals surface area contributed by atoms with E-state index >= 15 is 0 Å². The minimum absolute atomic E-state index is 0.0435. The Morgan fingerprint density at radius 3 is 2.50 bits per heavy atom. The van der Waals surface area contributed by atoms with Gasteiger partial charge in [0.1, 0.15) is 11.8 Å². The van der Waals surface area contributed by atoms with Gasteiger partial charge in [-0.2, -0.15) is 0 Å². The Bertz CT molecular complexity index is 351. The van der Waals surface area contributed by atoms with Gasteiger partial charge in [0.15, 0.2) is 0 Å². The van der Waals surface area contributed by atoms with Gasteiger partial charge in [-0.05, 0) is 12.5 Å². The highest BCUT2D eigenvalue weighted by molar-refractivity contribution is 5.85. The summed E-state index contributed by atoms with van der Waals surface area (Å²) in [5.41, 5.74) is 0.179. The van der Waals surface area contributed by atoms with Crippen LogP contribution in [0.15, 0.2) is 18.3 Å². The molecule has 0 saturated carbocycles. The van der Waals surface area contributed by atoms with E-state index in [2.05, 4.69) is 4.98 Å². The number of nitrogens with zero attached hydrogens (tertiary/aromatic N) is 1. The molecule has 6 heteroatoms. The quantitative estimate of drug-likeness (QED) is 0.542. The summed E-state index contributed by atoms with van der Waals surface area (Å²) in [6, 6.07) is 2.62. The number of hydrogen-bond donors (Lipinski definition) is 4. The highest BCUT2D eigenvalue weighted by Crippen LogP contribution is 2.18. The van der Waals surface area contributed by atoms with E-state index in [1.165, 1.54) is 18.3 Å². The van der Waals surface area contributed by atoms with Crippen LogP contribution >= 0.6 is 0 Å². The molecule has 0 bridgehead atoms. The lowest BCUT2D eigenvalue weighted by molar-refractivity contribution is 0.00402. The second kappa shape index (κ2) is 5.55. The maximum Gasteiger partial charge on any atom is 0.354 e. The van der Waals surface area contributed by atoms with E-state index in [1.807, 2.05) is 0 Å². The molecule has 0 saturated heterocycles. The number of carbonyl (C=O) groups is 1. The van der Waals surface area contributed by atoms with Gasteiger partial charge in [0.05, 0.1) is 6.10 Å². The number of aromatic carboxylic acids is 1. The number of pyridine rings is 1. The highest BCUT2D eigenvalue weighted by Gasteiger charge is 2.18. The zero-order chi connectivity index (χ0) is 12.1. The molecule has 0 aliphatic heterocycles. The summed E-state index contributed by atoms with van der Waals surface area (Å²) in [6.07, 6.45) is -1.04. The molecule has 2 atom stereocenters. The summed E-state index contributed by atoms with van der Waals surface area (Å²) in [7, 11) is 0. The Hall–Kier alpha value is -1.50. The molecule has 0 radical (unpaired) electrons. The van der Waals surface area contributed by atoms with Gasteiger partial charge in [0, 0.05) is 18.4 Å². The van der Waals surface area contributed by atoms with Crippen LogP contribution < -0.4 is 0 Å². The number of carboxylic acids is 1. The Morgan fingerprint density at radius 1 is 1.38 bits per heavy atom. The van der Waals surface area contributed by atoms with E-state index in [-0.39, 0.29) is 18.7 Å². The van der Waals surface area contributed by atoms with Crippen molar-refractivity contribution in [2.24, 2.45) is 0 Å². The largest absolute Gasteiger partial charge is 0.477 e. The van der Waals surface area contributed by atoms with E-state index in [4.69, 9.17) is 10.2 Å². The fourth-order valence-corrected chi connectivity index (χ4v) is 1.22. The molecule has 4 N–H and O–H groups in total. The third kappa shape index (κ3) is 2.99. The first-order valence-electron chi connectivity index (χ1n) is 4.72. The van der Waals surface area contributed by atoms with Crippen molar-refractivity contribution in [3.8, 4) is 0 Å². The maximum atomic E-state index is 10.5. The van der Waals surface area contributed by atoms with Crippen molar-refractivity contribution in [1.82, 2.24) is 4.98 Å². The van der Waals surface area contributed by atoms with Crippen LogP contribution in [0.5, 0.6) is 0 Å². The van der Waals surface area contributed by atoms with E-state index in [0.29, 0.717) is 5.56 Å². The molecule has 0 aliphatic rings. The predicted octanol–water partition coefficient (Wildman–Crippen LogP) is -0.444. The standard InChI is InChI=1S/C10H13NO5/c12-4-3-8(13)9(14)6-1-2-7(10(15)16)11-5-6/h1-2,5,8-9,12-14H,3-4H2,(H,15,16). The van der Waals surface area contributed by atoms with Crippen molar-refractivity contribution in [1.29, 1.82) is 0 Å². The van der Waals surface area contributed by atoms with Crippen LogP contribution in [0.4, 0.5) is 0 Å². The first-order valence-corrected chi connectivity index (χ1v) is 4.72. The number of rotatable bonds is 5. The third-order valence-electron chi connectivity index (χ3n) is 2.14. The van der Waals surface area contributed by atoms with E-state index in [0.717, 1.165) is 0 Å². The number of aliphatic hydroxyl groups excluding tert-OH is 3. The summed E-state index contributed by atoms with van der Waals surface area (Å²) in [5.74, 6) is -1.16. The van der Waals surface area contributed by atoms with Gasteiger partial charge < -0.3 is 20.4 Å². The van der Waals surface area contributed by atoms with E-state index < -0.39 is 18.2 Å². The first kappa shape index (κ1) is 12.6. The third-order valence-corrected chi connectivity index (χ3v) is 2.14. The number of carboxylic acid groups (broad SMARTS) is 1. The van der Waals surface area contributed by atoms with Crippen LogP contribution in [0, 0.1) is 0 Å². The van der Waals surface area contributed by atoms with Gasteiger partial charge in [-0.15, -0.1) is 0 Å². The van der Waals surface area contributed by atoms with Crippen molar-refractivity contribution in [2.75, 3.05) is 6.61 Å². The average molecular weight is 227 g/mol. The molecular weight excluding hydrogens is 214 g/mol. The average Bonchev–Trinajstić information content (AvgIpc) is 2.28. The van der Waals surface area contributed by atoms with E-state index in [1.54, 1.807) is 0 Å². The molecule has 0 aliphatic carbocycles. The first-order chi connectivity index (χ1) is 7.56. The zero-order valence-corrected chi connectivity index (χ0v) is 8.45. The SMILES string of the molecule is O=C(O)c1ccc(C(O)C(O)CCO)cn1. The fourth-order valence-electron chi connectivity index (χ4n) is 1.22. The Labute approximate surface area is 91.8 Å². The van der Waals surface area contributed by atoms with Gasteiger partial charge >= 0.3 is 5.97 Å². The van der Waals surface area contributed by atoms with Crippen molar-refractivity contribution < 1.29 is 25.2 Å². The highest BCUT2D eigenvalue weighted by atomic mass is 16.4. The monoisotopic (exact) mass is 227 g/mol. The molecule has 6 nitrogen and oxygen atoms in total. The number of hydrogen-bond acceptors (Lipinski definition) is 5. The number of aromatic nitrogens is 1. The van der Waals surface area contributed by atoms with Crippen LogP contribution in [-0.2, 0) is 0 Å². The summed E-state index contributed by atoms with van der Waals surface area (Å²) < 4.78 is 0. The zero-order valence-electron chi connectivity index (χ0n) is 8.45. The molecule has 1 rings (SSSR count). The molecule has 1 aromatic rings. The molecule has 16 heavy (non-hydrogen) atoms. The van der Waals surface area contributed by atoms with Gasteiger partial charge in [0.2, 0.25) is 0 Å². The fraction of sp³-hybridized carbons (Fsp3) is 0.400.